The zero-order valence-electron chi connectivity index (χ0n) is 9.70. The summed E-state index contributed by atoms with van der Waals surface area (Å²) in [5.74, 6) is 0.616. The molecular weight excluding hydrogens is 301 g/mol. The van der Waals surface area contributed by atoms with Crippen molar-refractivity contribution < 1.29 is 8.91 Å². The van der Waals surface area contributed by atoms with E-state index in [1.165, 1.54) is 12.1 Å². The Morgan fingerprint density at radius 2 is 2.11 bits per heavy atom. The van der Waals surface area contributed by atoms with Crippen LogP contribution in [0.25, 0.3) is 11.4 Å². The van der Waals surface area contributed by atoms with Gasteiger partial charge in [-0.15, -0.1) is 0 Å². The van der Waals surface area contributed by atoms with E-state index in [9.17, 15) is 4.39 Å². The molecule has 1 aromatic carbocycles. The van der Waals surface area contributed by atoms with Crippen molar-refractivity contribution in [3.63, 3.8) is 0 Å². The van der Waals surface area contributed by atoms with Gasteiger partial charge < -0.3 is 10.3 Å². The fourth-order valence-corrected chi connectivity index (χ4v) is 2.04. The molecule has 0 atom stereocenters. The number of unbranched alkanes of at least 4 members (excludes halogenated alkanes) is 1. The molecule has 0 spiro atoms. The highest BCUT2D eigenvalue weighted by atomic mass is 79.9. The van der Waals surface area contributed by atoms with Gasteiger partial charge in [0.15, 0.2) is 0 Å². The van der Waals surface area contributed by atoms with Crippen LogP contribution in [-0.4, -0.2) is 16.7 Å². The second kappa shape index (κ2) is 6.06. The minimum Gasteiger partial charge on any atom is -0.339 e. The first-order chi connectivity index (χ1) is 8.69. The van der Waals surface area contributed by atoms with E-state index in [4.69, 9.17) is 10.3 Å². The summed E-state index contributed by atoms with van der Waals surface area (Å²) in [5.41, 5.74) is 6.00. The molecule has 0 radical (unpaired) electrons. The number of nitrogens with two attached hydrogens (primary N) is 1. The van der Waals surface area contributed by atoms with Crippen LogP contribution in [0.1, 0.15) is 18.7 Å². The molecule has 0 saturated carbocycles. The average Bonchev–Trinajstić information content (AvgIpc) is 2.77. The first kappa shape index (κ1) is 13.2. The fraction of sp³-hybridized carbons (Fsp3) is 0.333. The molecule has 18 heavy (non-hydrogen) atoms. The quantitative estimate of drug-likeness (QED) is 0.862. The summed E-state index contributed by atoms with van der Waals surface area (Å²) in [7, 11) is 0. The summed E-state index contributed by atoms with van der Waals surface area (Å²) in [6.07, 6.45) is 2.52. The van der Waals surface area contributed by atoms with Gasteiger partial charge in [-0.25, -0.2) is 4.39 Å². The molecular formula is C12H13BrFN3O. The number of aryl methyl sites for hydroxylation is 1. The normalized spacial score (nSPS) is 10.8. The first-order valence-corrected chi connectivity index (χ1v) is 6.47. The van der Waals surface area contributed by atoms with Gasteiger partial charge in [0.1, 0.15) is 5.82 Å². The number of halogens is 2. The van der Waals surface area contributed by atoms with Gasteiger partial charge in [-0.2, -0.15) is 4.98 Å². The van der Waals surface area contributed by atoms with Gasteiger partial charge in [-0.3, -0.25) is 0 Å². The zero-order chi connectivity index (χ0) is 13.0. The Morgan fingerprint density at radius 3 is 2.83 bits per heavy atom. The lowest BCUT2D eigenvalue weighted by atomic mass is 10.2. The number of nitrogens with zero attached hydrogens (tertiary/aromatic N) is 2. The van der Waals surface area contributed by atoms with Crippen LogP contribution in [0.15, 0.2) is 27.2 Å². The van der Waals surface area contributed by atoms with Crippen molar-refractivity contribution >= 4 is 15.9 Å². The molecule has 0 aliphatic rings. The molecule has 2 N–H and O–H groups in total. The monoisotopic (exact) mass is 313 g/mol. The molecule has 0 bridgehead atoms. The van der Waals surface area contributed by atoms with Crippen LogP contribution in [0.4, 0.5) is 4.39 Å². The molecule has 2 rings (SSSR count). The lowest BCUT2D eigenvalue weighted by Gasteiger charge is -1.96. The summed E-state index contributed by atoms with van der Waals surface area (Å²) in [5, 5.41) is 3.84. The maximum absolute atomic E-state index is 13.2. The average molecular weight is 314 g/mol. The van der Waals surface area contributed by atoms with Gasteiger partial charge in [0.25, 0.3) is 0 Å². The molecule has 1 aromatic heterocycles. The number of aromatic nitrogens is 2. The largest absolute Gasteiger partial charge is 0.339 e. The third-order valence-electron chi connectivity index (χ3n) is 2.43. The van der Waals surface area contributed by atoms with Gasteiger partial charge in [-0.05, 0) is 37.6 Å². The van der Waals surface area contributed by atoms with E-state index in [2.05, 4.69) is 26.1 Å². The van der Waals surface area contributed by atoms with Crippen molar-refractivity contribution in [3.8, 4) is 11.4 Å². The Morgan fingerprint density at radius 1 is 1.28 bits per heavy atom. The lowest BCUT2D eigenvalue weighted by Crippen LogP contribution is -1.99. The van der Waals surface area contributed by atoms with Gasteiger partial charge in [0.2, 0.25) is 11.7 Å². The van der Waals surface area contributed by atoms with Crippen molar-refractivity contribution in [2.75, 3.05) is 6.54 Å². The van der Waals surface area contributed by atoms with Gasteiger partial charge >= 0.3 is 0 Å². The summed E-state index contributed by atoms with van der Waals surface area (Å²) in [6, 6.07) is 4.50. The molecule has 0 fully saturated rings. The minimum absolute atomic E-state index is 0.339. The molecule has 1 heterocycles. The van der Waals surface area contributed by atoms with Crippen LogP contribution in [0.5, 0.6) is 0 Å². The van der Waals surface area contributed by atoms with Crippen molar-refractivity contribution in [2.45, 2.75) is 19.3 Å². The highest BCUT2D eigenvalue weighted by molar-refractivity contribution is 9.10. The highest BCUT2D eigenvalue weighted by Crippen LogP contribution is 2.22. The fourth-order valence-electron chi connectivity index (χ4n) is 1.58. The number of hydrogen-bond donors (Lipinski definition) is 1. The Labute approximate surface area is 113 Å². The van der Waals surface area contributed by atoms with E-state index >= 15 is 0 Å². The van der Waals surface area contributed by atoms with E-state index in [1.54, 1.807) is 6.07 Å². The number of hydrogen-bond acceptors (Lipinski definition) is 4. The Hall–Kier alpha value is -1.27. The summed E-state index contributed by atoms with van der Waals surface area (Å²) >= 11 is 3.23. The van der Waals surface area contributed by atoms with Gasteiger partial charge in [0.05, 0.1) is 0 Å². The van der Waals surface area contributed by atoms with Crippen molar-refractivity contribution in [1.82, 2.24) is 10.1 Å². The minimum atomic E-state index is -0.339. The smallest absolute Gasteiger partial charge is 0.226 e. The number of rotatable bonds is 5. The maximum Gasteiger partial charge on any atom is 0.226 e. The molecule has 0 aliphatic carbocycles. The topological polar surface area (TPSA) is 64.9 Å². The van der Waals surface area contributed by atoms with E-state index < -0.39 is 0 Å². The van der Waals surface area contributed by atoms with Crippen LogP contribution >= 0.6 is 15.9 Å². The summed E-state index contributed by atoms with van der Waals surface area (Å²) in [6.45, 7) is 0.651. The maximum atomic E-state index is 13.2. The van der Waals surface area contributed by atoms with Crippen molar-refractivity contribution in [2.24, 2.45) is 5.73 Å². The van der Waals surface area contributed by atoms with Gasteiger partial charge in [-0.1, -0.05) is 21.1 Å². The second-order valence-electron chi connectivity index (χ2n) is 3.92. The molecule has 0 aliphatic heterocycles. The molecule has 0 unspecified atom stereocenters. The van der Waals surface area contributed by atoms with Crippen molar-refractivity contribution in [1.29, 1.82) is 0 Å². The Bertz CT molecular complexity index is 510. The van der Waals surface area contributed by atoms with Crippen molar-refractivity contribution in [3.05, 3.63) is 34.4 Å². The first-order valence-electron chi connectivity index (χ1n) is 5.68. The zero-order valence-corrected chi connectivity index (χ0v) is 11.3. The van der Waals surface area contributed by atoms with Crippen LogP contribution in [0.3, 0.4) is 0 Å². The molecule has 96 valence electrons. The van der Waals surface area contributed by atoms with Crippen LogP contribution < -0.4 is 5.73 Å². The third kappa shape index (κ3) is 3.36. The molecule has 6 heteroatoms. The molecule has 4 nitrogen and oxygen atoms in total. The highest BCUT2D eigenvalue weighted by Gasteiger charge is 2.10. The van der Waals surface area contributed by atoms with E-state index in [-0.39, 0.29) is 5.82 Å². The van der Waals surface area contributed by atoms with E-state index in [0.29, 0.717) is 34.7 Å². The van der Waals surface area contributed by atoms with Crippen LogP contribution in [0, 0.1) is 5.82 Å². The van der Waals surface area contributed by atoms with Crippen LogP contribution in [-0.2, 0) is 6.42 Å². The van der Waals surface area contributed by atoms with Crippen LogP contribution in [0.2, 0.25) is 0 Å². The standard InChI is InChI=1S/C12H13BrFN3O/c13-9-5-8(6-10(14)7-9)12-16-11(18-17-12)3-1-2-4-15/h5-7H,1-4,15H2. The molecule has 0 amide bonds. The molecule has 2 aromatic rings. The summed E-state index contributed by atoms with van der Waals surface area (Å²) < 4.78 is 19.0. The predicted molar refractivity (Wildman–Crippen MR) is 69.4 cm³/mol. The SMILES string of the molecule is NCCCCc1nc(-c2cc(F)cc(Br)c2)no1. The Kier molecular flexibility index (Phi) is 4.43. The summed E-state index contributed by atoms with van der Waals surface area (Å²) in [4.78, 5) is 4.23. The van der Waals surface area contributed by atoms with E-state index in [1.807, 2.05) is 0 Å². The second-order valence-corrected chi connectivity index (χ2v) is 4.83. The lowest BCUT2D eigenvalue weighted by molar-refractivity contribution is 0.375. The predicted octanol–water partition coefficient (Wildman–Crippen LogP) is 2.92. The van der Waals surface area contributed by atoms with E-state index in [0.717, 1.165) is 12.8 Å². The Balaban J connectivity index is 2.13. The van der Waals surface area contributed by atoms with Gasteiger partial charge in [0, 0.05) is 16.5 Å². The molecule has 0 saturated heterocycles. The third-order valence-corrected chi connectivity index (χ3v) is 2.89. The number of benzene rings is 1.